The number of fused-ring (bicyclic) bond motifs is 2. The number of esters is 2. The molecule has 3 aromatic rings. The Kier molecular flexibility index (Phi) is 10.2. The lowest BCUT2D eigenvalue weighted by atomic mass is 9.82. The summed E-state index contributed by atoms with van der Waals surface area (Å²) in [7, 11) is 0. The van der Waals surface area contributed by atoms with E-state index in [2.05, 4.69) is 24.5 Å². The Bertz CT molecular complexity index is 1560. The van der Waals surface area contributed by atoms with Crippen LogP contribution in [0.15, 0.2) is 84.9 Å². The second kappa shape index (κ2) is 14.4. The first kappa shape index (κ1) is 32.4. The van der Waals surface area contributed by atoms with Crippen LogP contribution in [-0.2, 0) is 32.3 Å². The van der Waals surface area contributed by atoms with Crippen molar-refractivity contribution in [2.24, 2.45) is 11.8 Å². The average molecular weight is 621 g/mol. The molecule has 0 unspecified atom stereocenters. The highest BCUT2D eigenvalue weighted by molar-refractivity contribution is 6.07. The molecule has 4 atom stereocenters. The molecule has 0 bridgehead atoms. The molecular weight excluding hydrogens is 580 g/mol. The fraction of sp³-hybridized carbons (Fsp3) is 0.316. The number of amides is 2. The first-order valence-electron chi connectivity index (χ1n) is 15.8. The summed E-state index contributed by atoms with van der Waals surface area (Å²) in [6.07, 6.45) is 4.64. The van der Waals surface area contributed by atoms with Crippen LogP contribution in [-0.4, -0.2) is 35.8 Å². The van der Waals surface area contributed by atoms with Crippen molar-refractivity contribution in [3.05, 3.63) is 118 Å². The summed E-state index contributed by atoms with van der Waals surface area (Å²) < 4.78 is 11.2. The van der Waals surface area contributed by atoms with Crippen LogP contribution in [0.4, 0.5) is 0 Å². The van der Waals surface area contributed by atoms with E-state index in [1.54, 1.807) is 24.3 Å². The van der Waals surface area contributed by atoms with Gasteiger partial charge in [-0.05, 0) is 57.4 Å². The van der Waals surface area contributed by atoms with Gasteiger partial charge < -0.3 is 20.1 Å². The van der Waals surface area contributed by atoms with Crippen molar-refractivity contribution < 1.29 is 28.7 Å². The second-order valence-corrected chi connectivity index (χ2v) is 12.0. The molecule has 8 nitrogen and oxygen atoms in total. The molecule has 0 radical (unpaired) electrons. The maximum Gasteiger partial charge on any atom is 0.331 e. The number of hydrogen-bond acceptors (Lipinski definition) is 6. The summed E-state index contributed by atoms with van der Waals surface area (Å²) >= 11 is 0. The summed E-state index contributed by atoms with van der Waals surface area (Å²) in [5, 5.41) is 6.09. The van der Waals surface area contributed by atoms with Crippen molar-refractivity contribution in [3.8, 4) is 0 Å². The van der Waals surface area contributed by atoms with Crippen molar-refractivity contribution in [2.75, 3.05) is 0 Å². The van der Waals surface area contributed by atoms with Crippen molar-refractivity contribution in [1.82, 2.24) is 10.6 Å². The molecule has 238 valence electrons. The molecule has 0 saturated heterocycles. The Balaban J connectivity index is 1.21. The molecule has 2 aliphatic rings. The molecule has 8 heteroatoms. The SMILES string of the molecule is CC[C@H](C)[C@@H]1NC(=O)c2ccccc2/C1=C/C(=O)OCc1ccc(COC(=O)/C=C2\c3ccccc3C(=O)N[C@H]2[C@@H](C)CC)cc1. The highest BCUT2D eigenvalue weighted by Gasteiger charge is 2.33. The summed E-state index contributed by atoms with van der Waals surface area (Å²) in [5.41, 5.74) is 5.63. The number of hydrogen-bond donors (Lipinski definition) is 2. The predicted molar refractivity (Wildman–Crippen MR) is 176 cm³/mol. The highest BCUT2D eigenvalue weighted by Crippen LogP contribution is 2.33. The Morgan fingerprint density at radius 3 is 1.33 bits per heavy atom. The van der Waals surface area contributed by atoms with E-state index in [-0.39, 0.29) is 48.9 Å². The first-order valence-corrected chi connectivity index (χ1v) is 15.8. The van der Waals surface area contributed by atoms with Crippen LogP contribution < -0.4 is 10.6 Å². The largest absolute Gasteiger partial charge is 0.458 e. The van der Waals surface area contributed by atoms with E-state index >= 15 is 0 Å². The second-order valence-electron chi connectivity index (χ2n) is 12.0. The molecular formula is C38H40N2O6. The summed E-state index contributed by atoms with van der Waals surface area (Å²) in [5.74, 6) is -0.994. The zero-order valence-electron chi connectivity index (χ0n) is 26.7. The maximum absolute atomic E-state index is 12.9. The Morgan fingerprint density at radius 1 is 0.630 bits per heavy atom. The van der Waals surface area contributed by atoms with Gasteiger partial charge in [0.05, 0.1) is 12.1 Å². The molecule has 0 saturated carbocycles. The topological polar surface area (TPSA) is 111 Å². The third-order valence-corrected chi connectivity index (χ3v) is 8.97. The monoisotopic (exact) mass is 620 g/mol. The molecule has 5 rings (SSSR count). The zero-order chi connectivity index (χ0) is 32.8. The van der Waals surface area contributed by atoms with Gasteiger partial charge in [0.15, 0.2) is 0 Å². The smallest absolute Gasteiger partial charge is 0.331 e. The lowest BCUT2D eigenvalue weighted by Crippen LogP contribution is -2.44. The number of ether oxygens (including phenoxy) is 2. The third-order valence-electron chi connectivity index (χ3n) is 8.97. The average Bonchev–Trinajstić information content (AvgIpc) is 3.08. The number of benzene rings is 3. The summed E-state index contributed by atoms with van der Waals surface area (Å²) in [6.45, 7) is 8.33. The lowest BCUT2D eigenvalue weighted by molar-refractivity contribution is -0.139. The fourth-order valence-electron chi connectivity index (χ4n) is 5.88. The van der Waals surface area contributed by atoms with Gasteiger partial charge in [-0.25, -0.2) is 9.59 Å². The van der Waals surface area contributed by atoms with Gasteiger partial charge in [0.25, 0.3) is 11.8 Å². The normalized spacial score (nSPS) is 20.2. The van der Waals surface area contributed by atoms with Gasteiger partial charge in [0.1, 0.15) is 13.2 Å². The van der Waals surface area contributed by atoms with E-state index < -0.39 is 11.9 Å². The van der Waals surface area contributed by atoms with Crippen LogP contribution >= 0.6 is 0 Å². The molecule has 46 heavy (non-hydrogen) atoms. The molecule has 0 spiro atoms. The van der Waals surface area contributed by atoms with E-state index in [1.165, 1.54) is 12.2 Å². The van der Waals surface area contributed by atoms with Gasteiger partial charge in [-0.15, -0.1) is 0 Å². The van der Waals surface area contributed by atoms with Gasteiger partial charge in [-0.2, -0.15) is 0 Å². The van der Waals surface area contributed by atoms with Crippen molar-refractivity contribution >= 4 is 34.9 Å². The number of carbonyl (C=O) groups excluding carboxylic acids is 4. The van der Waals surface area contributed by atoms with Crippen LogP contribution in [0.5, 0.6) is 0 Å². The Labute approximate surface area is 269 Å². The third kappa shape index (κ3) is 7.12. The van der Waals surface area contributed by atoms with Crippen molar-refractivity contribution in [2.45, 2.75) is 65.8 Å². The van der Waals surface area contributed by atoms with E-state index in [0.717, 1.165) is 46.2 Å². The maximum atomic E-state index is 12.9. The minimum absolute atomic E-state index is 0.0684. The molecule has 3 aromatic carbocycles. The molecule has 2 heterocycles. The van der Waals surface area contributed by atoms with Crippen LogP contribution in [0.1, 0.15) is 83.5 Å². The number of carbonyl (C=O) groups is 4. The standard InChI is InChI=1S/C38H40N2O6/c1-5-23(3)35-31(27-11-7-9-13-29(27)37(43)39-35)19-33(41)45-21-25-15-17-26(18-16-25)22-46-34(42)20-32-28-12-8-10-14-30(28)38(44)40-36(32)24(4)6-2/h7-20,23-24,35-36H,5-6,21-22H2,1-4H3,(H,39,43)(H,40,44)/b31-19-,32-20+/t23-,24-,35-,36-/m0/s1. The van der Waals surface area contributed by atoms with Gasteiger partial charge in [-0.1, -0.05) is 101 Å². The van der Waals surface area contributed by atoms with Gasteiger partial charge >= 0.3 is 11.9 Å². The van der Waals surface area contributed by atoms with Gasteiger partial charge in [-0.3, -0.25) is 9.59 Å². The van der Waals surface area contributed by atoms with Crippen LogP contribution in [0.3, 0.4) is 0 Å². The van der Waals surface area contributed by atoms with E-state index in [4.69, 9.17) is 9.47 Å². The first-order chi connectivity index (χ1) is 22.2. The molecule has 0 aromatic heterocycles. The van der Waals surface area contributed by atoms with Crippen molar-refractivity contribution in [1.29, 1.82) is 0 Å². The fourth-order valence-corrected chi connectivity index (χ4v) is 5.88. The number of rotatable bonds is 10. The molecule has 0 fully saturated rings. The van der Waals surface area contributed by atoms with E-state index in [9.17, 15) is 19.2 Å². The van der Waals surface area contributed by atoms with Crippen molar-refractivity contribution in [3.63, 3.8) is 0 Å². The molecule has 2 aliphatic heterocycles. The van der Waals surface area contributed by atoms with Crippen LogP contribution in [0.2, 0.25) is 0 Å². The summed E-state index contributed by atoms with van der Waals surface area (Å²) in [4.78, 5) is 51.2. The van der Waals surface area contributed by atoms with Gasteiger partial charge in [0.2, 0.25) is 0 Å². The molecule has 2 amide bonds. The highest BCUT2D eigenvalue weighted by atomic mass is 16.5. The Hall–Kier alpha value is -4.98. The zero-order valence-corrected chi connectivity index (χ0v) is 26.7. The van der Waals surface area contributed by atoms with E-state index in [1.807, 2.05) is 62.4 Å². The van der Waals surface area contributed by atoms with Gasteiger partial charge in [0, 0.05) is 23.3 Å². The molecule has 0 aliphatic carbocycles. The van der Waals surface area contributed by atoms with E-state index in [0.29, 0.717) is 11.1 Å². The number of nitrogens with one attached hydrogen (secondary N) is 2. The predicted octanol–water partition coefficient (Wildman–Crippen LogP) is 6.26. The van der Waals surface area contributed by atoms with Crippen LogP contribution in [0.25, 0.3) is 11.1 Å². The van der Waals surface area contributed by atoms with Crippen LogP contribution in [0, 0.1) is 11.8 Å². The molecule has 2 N–H and O–H groups in total. The lowest BCUT2D eigenvalue weighted by Gasteiger charge is -2.32. The quantitative estimate of drug-likeness (QED) is 0.205. The Morgan fingerprint density at radius 2 is 0.978 bits per heavy atom. The minimum atomic E-state index is -0.489. The summed E-state index contributed by atoms with van der Waals surface area (Å²) in [6, 6.07) is 21.3. The minimum Gasteiger partial charge on any atom is -0.458 e.